The zero-order valence-electron chi connectivity index (χ0n) is 21.5. The first-order valence-electron chi connectivity index (χ1n) is 12.6. The number of piperazine rings is 1. The Balaban J connectivity index is 1.42. The quantitative estimate of drug-likeness (QED) is 0.474. The summed E-state index contributed by atoms with van der Waals surface area (Å²) in [5, 5.41) is 15.1. The molecule has 0 saturated carbocycles. The number of nitrogens with zero attached hydrogens (tertiary/aromatic N) is 4. The first kappa shape index (κ1) is 26.8. The van der Waals surface area contributed by atoms with Crippen LogP contribution >= 0.6 is 0 Å². The molecule has 0 bridgehead atoms. The van der Waals surface area contributed by atoms with E-state index in [4.69, 9.17) is 5.26 Å². The van der Waals surface area contributed by atoms with Crippen molar-refractivity contribution < 1.29 is 14.0 Å². The Morgan fingerprint density at radius 2 is 1.79 bits per heavy atom. The fraction of sp³-hybridized carbons (Fsp3) is 0.310. The molecule has 1 aliphatic rings. The average Bonchev–Trinajstić information content (AvgIpc) is 2.93. The summed E-state index contributed by atoms with van der Waals surface area (Å²) in [5.41, 5.74) is 3.04. The minimum atomic E-state index is -0.798. The van der Waals surface area contributed by atoms with Gasteiger partial charge in [-0.15, -0.1) is 0 Å². The molecule has 2 aromatic carbocycles. The van der Waals surface area contributed by atoms with Gasteiger partial charge in [-0.25, -0.2) is 9.37 Å². The van der Waals surface area contributed by atoms with Crippen LogP contribution in [0.4, 0.5) is 15.9 Å². The second-order valence-electron chi connectivity index (χ2n) is 9.42. The van der Waals surface area contributed by atoms with Crippen LogP contribution in [0.3, 0.4) is 0 Å². The number of carbonyl (C=O) groups excluding carboxylic acids is 2. The van der Waals surface area contributed by atoms with Gasteiger partial charge in [-0.1, -0.05) is 31.2 Å². The highest BCUT2D eigenvalue weighted by molar-refractivity contribution is 5.94. The van der Waals surface area contributed by atoms with Crippen LogP contribution in [-0.4, -0.2) is 54.4 Å². The topological polar surface area (TPSA) is 101 Å². The van der Waals surface area contributed by atoms with Crippen molar-refractivity contribution in [1.82, 2.24) is 15.2 Å². The summed E-state index contributed by atoms with van der Waals surface area (Å²) in [6.45, 7) is 6.82. The van der Waals surface area contributed by atoms with Crippen LogP contribution in [0.5, 0.6) is 0 Å². The number of benzene rings is 2. The van der Waals surface area contributed by atoms with Crippen LogP contribution < -0.4 is 15.5 Å². The van der Waals surface area contributed by atoms with Crippen molar-refractivity contribution >= 4 is 23.3 Å². The highest BCUT2D eigenvalue weighted by Gasteiger charge is 2.23. The number of hydrogen-bond donors (Lipinski definition) is 2. The van der Waals surface area contributed by atoms with Crippen molar-refractivity contribution in [3.63, 3.8) is 0 Å². The predicted molar refractivity (Wildman–Crippen MR) is 144 cm³/mol. The number of amides is 2. The molecular weight excluding hydrogens is 483 g/mol. The van der Waals surface area contributed by atoms with Gasteiger partial charge in [0.25, 0.3) is 0 Å². The Labute approximate surface area is 222 Å². The molecule has 9 heteroatoms. The highest BCUT2D eigenvalue weighted by Crippen LogP contribution is 2.22. The lowest BCUT2D eigenvalue weighted by molar-refractivity contribution is -0.129. The number of rotatable bonds is 8. The lowest BCUT2D eigenvalue weighted by Crippen LogP contribution is -2.48. The van der Waals surface area contributed by atoms with Gasteiger partial charge in [-0.05, 0) is 53.4 Å². The molecule has 0 unspecified atom stereocenters. The van der Waals surface area contributed by atoms with Crippen molar-refractivity contribution in [2.45, 2.75) is 25.8 Å². The van der Waals surface area contributed by atoms with Crippen molar-refractivity contribution in [3.05, 3.63) is 89.4 Å². The van der Waals surface area contributed by atoms with Crippen molar-refractivity contribution in [2.24, 2.45) is 0 Å². The molecular formula is C29H31FN6O2. The van der Waals surface area contributed by atoms with E-state index in [0.717, 1.165) is 24.3 Å². The van der Waals surface area contributed by atoms with E-state index in [9.17, 15) is 14.0 Å². The van der Waals surface area contributed by atoms with Gasteiger partial charge in [0.2, 0.25) is 11.8 Å². The minimum Gasteiger partial charge on any atom is -0.367 e. The third-order valence-electron chi connectivity index (χ3n) is 6.77. The Hall–Kier alpha value is -4.29. The average molecular weight is 515 g/mol. The van der Waals surface area contributed by atoms with Gasteiger partial charge in [-0.2, -0.15) is 5.26 Å². The molecule has 196 valence electrons. The van der Waals surface area contributed by atoms with Crippen LogP contribution in [0, 0.1) is 17.1 Å². The maximum Gasteiger partial charge on any atom is 0.247 e. The fourth-order valence-electron chi connectivity index (χ4n) is 4.47. The predicted octanol–water partition coefficient (Wildman–Crippen LogP) is 3.83. The van der Waals surface area contributed by atoms with Crippen LogP contribution in [-0.2, 0) is 9.59 Å². The largest absolute Gasteiger partial charge is 0.367 e. The summed E-state index contributed by atoms with van der Waals surface area (Å²) in [4.78, 5) is 33.3. The number of nitriles is 1. The molecule has 1 fully saturated rings. The van der Waals surface area contributed by atoms with E-state index in [1.807, 2.05) is 30.0 Å². The molecule has 1 saturated heterocycles. The standard InChI is InChI=1S/C29H31FN6O2/c1-20(23-8-6-22(17-31)7-9-23)18-33-28(24-4-3-5-25(30)16-24)29(38)34-27-11-10-26(19-32-27)36-14-12-35(13-15-36)21(2)37/h3-11,16,19-20,28,33H,12-15,18H2,1-2H3,(H,32,34,38)/t20-,28-/m1/s1. The van der Waals surface area contributed by atoms with Crippen LogP contribution in [0.1, 0.15) is 42.5 Å². The molecule has 2 atom stereocenters. The molecule has 8 nitrogen and oxygen atoms in total. The molecule has 4 rings (SSSR count). The van der Waals surface area contributed by atoms with E-state index in [1.165, 1.54) is 12.1 Å². The number of halogens is 1. The monoisotopic (exact) mass is 514 g/mol. The third-order valence-corrected chi connectivity index (χ3v) is 6.77. The number of aromatic nitrogens is 1. The van der Waals surface area contributed by atoms with Crippen molar-refractivity contribution in [1.29, 1.82) is 5.26 Å². The van der Waals surface area contributed by atoms with E-state index in [1.54, 1.807) is 43.5 Å². The van der Waals surface area contributed by atoms with Gasteiger partial charge in [-0.3, -0.25) is 9.59 Å². The number of hydrogen-bond acceptors (Lipinski definition) is 6. The van der Waals surface area contributed by atoms with Crippen molar-refractivity contribution in [3.8, 4) is 6.07 Å². The van der Waals surface area contributed by atoms with E-state index in [0.29, 0.717) is 36.6 Å². The van der Waals surface area contributed by atoms with E-state index >= 15 is 0 Å². The molecule has 1 aliphatic heterocycles. The van der Waals surface area contributed by atoms with Crippen LogP contribution in [0.2, 0.25) is 0 Å². The molecule has 2 N–H and O–H groups in total. The second kappa shape index (κ2) is 12.3. The maximum absolute atomic E-state index is 14.0. The van der Waals surface area contributed by atoms with Gasteiger partial charge in [0.05, 0.1) is 23.5 Å². The third kappa shape index (κ3) is 6.72. The van der Waals surface area contributed by atoms with Gasteiger partial charge in [0, 0.05) is 39.6 Å². The second-order valence-corrected chi connectivity index (χ2v) is 9.42. The Bertz CT molecular complexity index is 1300. The Morgan fingerprint density at radius 3 is 2.39 bits per heavy atom. The van der Waals surface area contributed by atoms with Crippen LogP contribution in [0.25, 0.3) is 0 Å². The Morgan fingerprint density at radius 1 is 1.05 bits per heavy atom. The van der Waals surface area contributed by atoms with Crippen LogP contribution in [0.15, 0.2) is 66.9 Å². The zero-order chi connectivity index (χ0) is 27.1. The zero-order valence-corrected chi connectivity index (χ0v) is 21.5. The molecule has 1 aromatic heterocycles. The molecule has 0 spiro atoms. The normalized spacial score (nSPS) is 14.9. The number of pyridine rings is 1. The summed E-state index contributed by atoms with van der Waals surface area (Å²) in [5.74, 6) is -0.252. The number of anilines is 2. The summed E-state index contributed by atoms with van der Waals surface area (Å²) >= 11 is 0. The van der Waals surface area contributed by atoms with Gasteiger partial charge >= 0.3 is 0 Å². The smallest absolute Gasteiger partial charge is 0.247 e. The number of nitrogens with one attached hydrogen (secondary N) is 2. The summed E-state index contributed by atoms with van der Waals surface area (Å²) in [7, 11) is 0. The fourth-order valence-corrected chi connectivity index (χ4v) is 4.47. The Kier molecular flexibility index (Phi) is 8.66. The molecule has 38 heavy (non-hydrogen) atoms. The molecule has 0 aliphatic carbocycles. The first-order chi connectivity index (χ1) is 18.3. The van der Waals surface area contributed by atoms with Gasteiger partial charge in [0.1, 0.15) is 17.7 Å². The molecule has 2 heterocycles. The summed E-state index contributed by atoms with van der Waals surface area (Å²) in [6, 6.07) is 18.2. The molecule has 2 amide bonds. The summed E-state index contributed by atoms with van der Waals surface area (Å²) < 4.78 is 14.0. The van der Waals surface area contributed by atoms with E-state index in [2.05, 4.69) is 26.6 Å². The van der Waals surface area contributed by atoms with E-state index in [-0.39, 0.29) is 17.7 Å². The minimum absolute atomic E-state index is 0.0486. The maximum atomic E-state index is 14.0. The van der Waals surface area contributed by atoms with Gasteiger partial charge < -0.3 is 20.4 Å². The van der Waals surface area contributed by atoms with Gasteiger partial charge in [0.15, 0.2) is 0 Å². The highest BCUT2D eigenvalue weighted by atomic mass is 19.1. The van der Waals surface area contributed by atoms with Crippen molar-refractivity contribution in [2.75, 3.05) is 42.9 Å². The SMILES string of the molecule is CC(=O)N1CCN(c2ccc(NC(=O)[C@H](NC[C@@H](C)c3ccc(C#N)cc3)c3cccc(F)c3)nc2)CC1. The van der Waals surface area contributed by atoms with E-state index < -0.39 is 11.9 Å². The summed E-state index contributed by atoms with van der Waals surface area (Å²) in [6.07, 6.45) is 1.70. The molecule has 3 aromatic rings. The lowest BCUT2D eigenvalue weighted by Gasteiger charge is -2.35. The molecule has 0 radical (unpaired) electrons. The lowest BCUT2D eigenvalue weighted by atomic mass is 9.98. The first-order valence-corrected chi connectivity index (χ1v) is 12.6. The number of carbonyl (C=O) groups is 2.